The van der Waals surface area contributed by atoms with Crippen LogP contribution in [0.2, 0.25) is 0 Å². The lowest BCUT2D eigenvalue weighted by atomic mass is 9.80. The molecule has 0 saturated heterocycles. The highest BCUT2D eigenvalue weighted by Gasteiger charge is 2.36. The molecule has 0 atom stereocenters. The van der Waals surface area contributed by atoms with Crippen LogP contribution in [0.25, 0.3) is 128 Å². The third-order valence-corrected chi connectivity index (χ3v) is 16.7. The Labute approximate surface area is 372 Å². The van der Waals surface area contributed by atoms with E-state index in [1.165, 1.54) is 139 Å². The molecule has 2 heteroatoms. The number of benzene rings is 11. The van der Waals surface area contributed by atoms with Gasteiger partial charge in [0, 0.05) is 56.5 Å². The first kappa shape index (κ1) is 35.5. The van der Waals surface area contributed by atoms with E-state index >= 15 is 0 Å². The molecule has 0 aliphatic heterocycles. The monoisotopic (exact) mass is 834 g/mol. The molecule has 0 nitrogen and oxygen atoms in total. The molecule has 13 aromatic rings. The fourth-order valence-electron chi connectivity index (χ4n) is 11.2. The van der Waals surface area contributed by atoms with Gasteiger partial charge in [0.05, 0.1) is 0 Å². The Balaban J connectivity index is 0.884. The van der Waals surface area contributed by atoms with E-state index in [1.54, 1.807) is 0 Å². The molecule has 11 aromatic carbocycles. The zero-order valence-corrected chi connectivity index (χ0v) is 36.4. The van der Waals surface area contributed by atoms with Crippen molar-refractivity contribution in [1.82, 2.24) is 0 Å². The van der Waals surface area contributed by atoms with Gasteiger partial charge in [-0.25, -0.2) is 0 Å². The van der Waals surface area contributed by atoms with Gasteiger partial charge in [0.15, 0.2) is 0 Å². The number of thiophene rings is 2. The van der Waals surface area contributed by atoms with Gasteiger partial charge in [0.25, 0.3) is 0 Å². The third-order valence-electron chi connectivity index (χ3n) is 14.3. The van der Waals surface area contributed by atoms with Crippen LogP contribution in [0.1, 0.15) is 25.0 Å². The van der Waals surface area contributed by atoms with Gasteiger partial charge in [-0.15, -0.1) is 22.7 Å². The molecule has 2 aromatic heterocycles. The number of rotatable bonds is 3. The van der Waals surface area contributed by atoms with Crippen molar-refractivity contribution in [2.24, 2.45) is 0 Å². The van der Waals surface area contributed by atoms with E-state index < -0.39 is 0 Å². The molecule has 1 aliphatic carbocycles. The summed E-state index contributed by atoms with van der Waals surface area (Å²) in [5, 5.41) is 15.8. The predicted molar refractivity (Wildman–Crippen MR) is 276 cm³/mol. The molecule has 14 rings (SSSR count). The van der Waals surface area contributed by atoms with Gasteiger partial charge in [-0.1, -0.05) is 178 Å². The van der Waals surface area contributed by atoms with Gasteiger partial charge in [-0.3, -0.25) is 0 Å². The van der Waals surface area contributed by atoms with E-state index in [4.69, 9.17) is 0 Å². The summed E-state index contributed by atoms with van der Waals surface area (Å²) in [6.07, 6.45) is 0. The van der Waals surface area contributed by atoms with Crippen LogP contribution in [-0.4, -0.2) is 0 Å². The predicted octanol–water partition coefficient (Wildman–Crippen LogP) is 18.3. The highest BCUT2D eigenvalue weighted by atomic mass is 32.1. The van der Waals surface area contributed by atoms with E-state index in [0.29, 0.717) is 0 Å². The standard InChI is InChI=1S/C61H38S2/c1-61(2)53-33-37(36-24-31-56-52(32-36)51-30-29-49-50(60(51)63-56)28-27-48-42-15-9-10-21-55(42)62-59(48)49)22-25-40(53)41-26-23-38(34-54(41)61)57-44-16-5-7-18-46(44)58(47-19-8-6-17-45(47)57)43-20-11-13-35-12-3-4-14-39(35)43/h3-34H,1-2H3. The summed E-state index contributed by atoms with van der Waals surface area (Å²) in [5.41, 5.74) is 13.0. The molecular weight excluding hydrogens is 797 g/mol. The second-order valence-electron chi connectivity index (χ2n) is 17.9. The second kappa shape index (κ2) is 13.0. The van der Waals surface area contributed by atoms with Gasteiger partial charge in [-0.05, 0) is 118 Å². The summed E-state index contributed by atoms with van der Waals surface area (Å²) < 4.78 is 5.46. The van der Waals surface area contributed by atoms with Crippen molar-refractivity contribution < 1.29 is 0 Å². The highest BCUT2D eigenvalue weighted by Crippen LogP contribution is 2.53. The summed E-state index contributed by atoms with van der Waals surface area (Å²) in [7, 11) is 0. The Morgan fingerprint density at radius 3 is 1.43 bits per heavy atom. The summed E-state index contributed by atoms with van der Waals surface area (Å²) in [5.74, 6) is 0. The van der Waals surface area contributed by atoms with Crippen LogP contribution >= 0.6 is 22.7 Å². The Kier molecular flexibility index (Phi) is 7.31. The summed E-state index contributed by atoms with van der Waals surface area (Å²) in [4.78, 5) is 0. The highest BCUT2D eigenvalue weighted by molar-refractivity contribution is 7.28. The maximum atomic E-state index is 2.50. The second-order valence-corrected chi connectivity index (χ2v) is 20.0. The average molecular weight is 835 g/mol. The molecular formula is C61H38S2. The molecule has 63 heavy (non-hydrogen) atoms. The summed E-state index contributed by atoms with van der Waals surface area (Å²) >= 11 is 3.84. The first-order valence-electron chi connectivity index (χ1n) is 21.9. The first-order chi connectivity index (χ1) is 31.0. The van der Waals surface area contributed by atoms with E-state index in [-0.39, 0.29) is 5.41 Å². The van der Waals surface area contributed by atoms with Gasteiger partial charge < -0.3 is 0 Å². The van der Waals surface area contributed by atoms with Gasteiger partial charge in [0.2, 0.25) is 0 Å². The van der Waals surface area contributed by atoms with Crippen molar-refractivity contribution in [3.63, 3.8) is 0 Å². The maximum Gasteiger partial charge on any atom is 0.0434 e. The Morgan fingerprint density at radius 1 is 0.302 bits per heavy atom. The number of hydrogen-bond donors (Lipinski definition) is 0. The first-order valence-corrected chi connectivity index (χ1v) is 23.5. The molecule has 0 radical (unpaired) electrons. The van der Waals surface area contributed by atoms with Crippen LogP contribution in [0.5, 0.6) is 0 Å². The zero-order chi connectivity index (χ0) is 41.6. The van der Waals surface area contributed by atoms with Crippen LogP contribution in [-0.2, 0) is 5.41 Å². The molecule has 2 heterocycles. The molecule has 0 N–H and O–H groups in total. The lowest BCUT2D eigenvalue weighted by Crippen LogP contribution is -2.15. The molecule has 0 unspecified atom stereocenters. The zero-order valence-electron chi connectivity index (χ0n) is 34.8. The van der Waals surface area contributed by atoms with Crippen molar-refractivity contribution >= 4 is 106 Å². The van der Waals surface area contributed by atoms with Crippen LogP contribution in [0, 0.1) is 0 Å². The molecule has 0 fully saturated rings. The largest absolute Gasteiger partial charge is 0.135 e. The minimum absolute atomic E-state index is 0.179. The molecule has 294 valence electrons. The fraction of sp³-hybridized carbons (Fsp3) is 0.0492. The van der Waals surface area contributed by atoms with E-state index in [1.807, 2.05) is 22.7 Å². The Bertz CT molecular complexity index is 4060. The molecule has 1 aliphatic rings. The van der Waals surface area contributed by atoms with Crippen LogP contribution in [0.15, 0.2) is 194 Å². The van der Waals surface area contributed by atoms with Gasteiger partial charge in [0.1, 0.15) is 0 Å². The van der Waals surface area contributed by atoms with Crippen molar-refractivity contribution in [3.05, 3.63) is 205 Å². The molecule has 0 bridgehead atoms. The lowest BCUT2D eigenvalue weighted by Gasteiger charge is -2.23. The lowest BCUT2D eigenvalue weighted by molar-refractivity contribution is 0.661. The molecule has 0 saturated carbocycles. The minimum Gasteiger partial charge on any atom is -0.135 e. The molecule has 0 amide bonds. The topological polar surface area (TPSA) is 0 Å². The summed E-state index contributed by atoms with van der Waals surface area (Å²) in [6.45, 7) is 4.83. The number of hydrogen-bond acceptors (Lipinski definition) is 2. The third kappa shape index (κ3) is 4.97. The van der Waals surface area contributed by atoms with E-state index in [2.05, 4.69) is 208 Å². The summed E-state index contributed by atoms with van der Waals surface area (Å²) in [6, 6.07) is 73.4. The van der Waals surface area contributed by atoms with Gasteiger partial charge >= 0.3 is 0 Å². The quantitative estimate of drug-likeness (QED) is 0.156. The Hall–Kier alpha value is -7.10. The fourth-order valence-corrected chi connectivity index (χ4v) is 13.7. The van der Waals surface area contributed by atoms with Gasteiger partial charge in [-0.2, -0.15) is 0 Å². The minimum atomic E-state index is -0.179. The van der Waals surface area contributed by atoms with Crippen molar-refractivity contribution in [2.45, 2.75) is 19.3 Å². The molecule has 0 spiro atoms. The van der Waals surface area contributed by atoms with Crippen molar-refractivity contribution in [1.29, 1.82) is 0 Å². The van der Waals surface area contributed by atoms with E-state index in [0.717, 1.165) is 0 Å². The number of fused-ring (bicyclic) bond motifs is 15. The van der Waals surface area contributed by atoms with Crippen molar-refractivity contribution in [2.75, 3.05) is 0 Å². The maximum absolute atomic E-state index is 2.50. The SMILES string of the molecule is CC1(C)c2cc(-c3ccc4sc5c(ccc6c5ccc5c7ccccc7sc56)c4c3)ccc2-c2ccc(-c3c4ccccc4c(-c4cccc5ccccc45)c4ccccc34)cc21. The van der Waals surface area contributed by atoms with Crippen LogP contribution in [0.3, 0.4) is 0 Å². The Morgan fingerprint density at radius 2 is 0.762 bits per heavy atom. The van der Waals surface area contributed by atoms with Crippen LogP contribution in [0.4, 0.5) is 0 Å². The average Bonchev–Trinajstić information content (AvgIpc) is 3.98. The van der Waals surface area contributed by atoms with E-state index in [9.17, 15) is 0 Å². The normalized spacial score (nSPS) is 13.4. The van der Waals surface area contributed by atoms with Crippen LogP contribution < -0.4 is 0 Å². The smallest absolute Gasteiger partial charge is 0.0434 e. The van der Waals surface area contributed by atoms with Crippen molar-refractivity contribution in [3.8, 4) is 44.5 Å².